The molecule has 0 aliphatic carbocycles. The molecule has 1 aliphatic rings. The minimum absolute atomic E-state index is 0.00319. The van der Waals surface area contributed by atoms with Crippen molar-refractivity contribution in [1.82, 2.24) is 10.0 Å². The molecule has 4 nitrogen and oxygen atoms in total. The number of sulfonamides is 1. The second-order valence-electron chi connectivity index (χ2n) is 4.27. The fourth-order valence-corrected chi connectivity index (χ4v) is 3.50. The van der Waals surface area contributed by atoms with Crippen molar-refractivity contribution in [2.75, 3.05) is 18.8 Å². The SMILES string of the molecule is CC(C)NS(=O)(=O)CC1CCCNC1. The van der Waals surface area contributed by atoms with E-state index in [4.69, 9.17) is 0 Å². The summed E-state index contributed by atoms with van der Waals surface area (Å²) < 4.78 is 25.8. The normalized spacial score (nSPS) is 24.1. The molecule has 0 aromatic rings. The van der Waals surface area contributed by atoms with E-state index in [-0.39, 0.29) is 17.7 Å². The molecule has 0 saturated carbocycles. The van der Waals surface area contributed by atoms with Crippen LogP contribution in [0.1, 0.15) is 26.7 Å². The van der Waals surface area contributed by atoms with E-state index in [1.807, 2.05) is 13.8 Å². The summed E-state index contributed by atoms with van der Waals surface area (Å²) in [7, 11) is -3.07. The first kappa shape index (κ1) is 11.9. The van der Waals surface area contributed by atoms with Crippen molar-refractivity contribution in [2.24, 2.45) is 5.92 Å². The highest BCUT2D eigenvalue weighted by molar-refractivity contribution is 7.89. The lowest BCUT2D eigenvalue weighted by Gasteiger charge is -2.23. The van der Waals surface area contributed by atoms with Crippen LogP contribution in [0.5, 0.6) is 0 Å². The first-order chi connectivity index (χ1) is 6.49. The van der Waals surface area contributed by atoms with Crippen LogP contribution >= 0.6 is 0 Å². The summed E-state index contributed by atoms with van der Waals surface area (Å²) in [6.07, 6.45) is 2.11. The van der Waals surface area contributed by atoms with Gasteiger partial charge >= 0.3 is 0 Å². The predicted octanol–water partition coefficient (Wildman–Crippen LogP) is 0.314. The molecule has 0 spiro atoms. The molecule has 0 bridgehead atoms. The molecule has 5 heteroatoms. The average Bonchev–Trinajstić information content (AvgIpc) is 2.02. The lowest BCUT2D eigenvalue weighted by Crippen LogP contribution is -2.39. The van der Waals surface area contributed by atoms with Crippen molar-refractivity contribution in [2.45, 2.75) is 32.7 Å². The van der Waals surface area contributed by atoms with Gasteiger partial charge in [-0.05, 0) is 45.7 Å². The van der Waals surface area contributed by atoms with E-state index in [2.05, 4.69) is 10.0 Å². The van der Waals surface area contributed by atoms with Gasteiger partial charge in [-0.3, -0.25) is 0 Å². The molecule has 1 atom stereocenters. The molecule has 2 N–H and O–H groups in total. The molecule has 0 aromatic carbocycles. The summed E-state index contributed by atoms with van der Waals surface area (Å²) in [5.41, 5.74) is 0. The zero-order valence-corrected chi connectivity index (χ0v) is 9.73. The number of nitrogens with one attached hydrogen (secondary N) is 2. The van der Waals surface area contributed by atoms with E-state index in [0.29, 0.717) is 0 Å². The van der Waals surface area contributed by atoms with Gasteiger partial charge in [-0.25, -0.2) is 13.1 Å². The summed E-state index contributed by atoms with van der Waals surface area (Å²) in [4.78, 5) is 0. The van der Waals surface area contributed by atoms with Crippen molar-refractivity contribution in [3.8, 4) is 0 Å². The minimum atomic E-state index is -3.07. The smallest absolute Gasteiger partial charge is 0.212 e. The van der Waals surface area contributed by atoms with Gasteiger partial charge in [-0.2, -0.15) is 0 Å². The highest BCUT2D eigenvalue weighted by Gasteiger charge is 2.21. The minimum Gasteiger partial charge on any atom is -0.316 e. The van der Waals surface area contributed by atoms with Gasteiger partial charge in [-0.1, -0.05) is 0 Å². The summed E-state index contributed by atoms with van der Waals surface area (Å²) >= 11 is 0. The van der Waals surface area contributed by atoms with E-state index in [1.54, 1.807) is 0 Å². The standard InChI is InChI=1S/C9H20N2O2S/c1-8(2)11-14(12,13)7-9-4-3-5-10-6-9/h8-11H,3-7H2,1-2H3. The van der Waals surface area contributed by atoms with Crippen LogP contribution in [0.15, 0.2) is 0 Å². The third-order valence-electron chi connectivity index (χ3n) is 2.27. The Hall–Kier alpha value is -0.130. The summed E-state index contributed by atoms with van der Waals surface area (Å²) in [5.74, 6) is 0.540. The van der Waals surface area contributed by atoms with Crippen LogP contribution in [0.4, 0.5) is 0 Å². The van der Waals surface area contributed by atoms with Crippen LogP contribution in [0.3, 0.4) is 0 Å². The third-order valence-corrected chi connectivity index (χ3v) is 4.01. The van der Waals surface area contributed by atoms with Gasteiger partial charge < -0.3 is 5.32 Å². The maximum atomic E-state index is 11.6. The Labute approximate surface area is 86.5 Å². The summed E-state index contributed by atoms with van der Waals surface area (Å²) in [6, 6.07) is -0.00319. The quantitative estimate of drug-likeness (QED) is 0.717. The van der Waals surface area contributed by atoms with Gasteiger partial charge in [0.05, 0.1) is 5.75 Å². The van der Waals surface area contributed by atoms with E-state index in [0.717, 1.165) is 25.9 Å². The van der Waals surface area contributed by atoms with Crippen molar-refractivity contribution in [3.63, 3.8) is 0 Å². The molecule has 0 aromatic heterocycles. The molecule has 1 unspecified atom stereocenters. The van der Waals surface area contributed by atoms with Gasteiger partial charge in [0.2, 0.25) is 10.0 Å². The fraction of sp³-hybridized carbons (Fsp3) is 1.00. The Morgan fingerprint density at radius 3 is 2.71 bits per heavy atom. The number of hydrogen-bond donors (Lipinski definition) is 2. The molecule has 0 amide bonds. The second kappa shape index (κ2) is 5.09. The monoisotopic (exact) mass is 220 g/mol. The highest BCUT2D eigenvalue weighted by Crippen LogP contribution is 2.11. The highest BCUT2D eigenvalue weighted by atomic mass is 32.2. The van der Waals surface area contributed by atoms with E-state index in [1.165, 1.54) is 0 Å². The largest absolute Gasteiger partial charge is 0.316 e. The first-order valence-corrected chi connectivity index (χ1v) is 6.85. The van der Waals surface area contributed by atoms with Gasteiger partial charge in [0.1, 0.15) is 0 Å². The lowest BCUT2D eigenvalue weighted by atomic mass is 10.0. The van der Waals surface area contributed by atoms with Crippen LogP contribution in [0.2, 0.25) is 0 Å². The zero-order chi connectivity index (χ0) is 10.6. The maximum absolute atomic E-state index is 11.6. The van der Waals surface area contributed by atoms with Gasteiger partial charge in [0, 0.05) is 6.04 Å². The molecular formula is C9H20N2O2S. The second-order valence-corrected chi connectivity index (χ2v) is 6.06. The molecule has 1 rings (SSSR count). The van der Waals surface area contributed by atoms with Crippen molar-refractivity contribution < 1.29 is 8.42 Å². The van der Waals surface area contributed by atoms with Crippen molar-refractivity contribution in [3.05, 3.63) is 0 Å². The molecular weight excluding hydrogens is 200 g/mol. The fourth-order valence-electron chi connectivity index (χ4n) is 1.78. The van der Waals surface area contributed by atoms with Gasteiger partial charge in [0.15, 0.2) is 0 Å². The molecule has 14 heavy (non-hydrogen) atoms. The Bertz CT molecular complexity index is 256. The third kappa shape index (κ3) is 4.39. The Balaban J connectivity index is 2.41. The lowest BCUT2D eigenvalue weighted by molar-refractivity contribution is 0.402. The Morgan fingerprint density at radius 1 is 1.50 bits per heavy atom. The number of hydrogen-bond acceptors (Lipinski definition) is 3. The summed E-state index contributed by atoms with van der Waals surface area (Å²) in [6.45, 7) is 5.54. The maximum Gasteiger partial charge on any atom is 0.212 e. The Kier molecular flexibility index (Phi) is 4.34. The Morgan fingerprint density at radius 2 is 2.21 bits per heavy atom. The van der Waals surface area contributed by atoms with Crippen LogP contribution in [0, 0.1) is 5.92 Å². The summed E-state index contributed by atoms with van der Waals surface area (Å²) in [5, 5.41) is 3.22. The van der Waals surface area contributed by atoms with Crippen LogP contribution < -0.4 is 10.0 Å². The zero-order valence-electron chi connectivity index (χ0n) is 8.91. The predicted molar refractivity (Wildman–Crippen MR) is 57.7 cm³/mol. The molecule has 1 heterocycles. The molecule has 0 radical (unpaired) electrons. The number of rotatable bonds is 4. The average molecular weight is 220 g/mol. The van der Waals surface area contributed by atoms with Crippen molar-refractivity contribution in [1.29, 1.82) is 0 Å². The van der Waals surface area contributed by atoms with Gasteiger partial charge in [0.25, 0.3) is 0 Å². The molecule has 1 fully saturated rings. The van der Waals surface area contributed by atoms with Crippen LogP contribution in [-0.2, 0) is 10.0 Å². The topological polar surface area (TPSA) is 58.2 Å². The van der Waals surface area contributed by atoms with Gasteiger partial charge in [-0.15, -0.1) is 0 Å². The van der Waals surface area contributed by atoms with Crippen LogP contribution in [-0.4, -0.2) is 33.3 Å². The number of piperidine rings is 1. The van der Waals surface area contributed by atoms with Crippen LogP contribution in [0.25, 0.3) is 0 Å². The van der Waals surface area contributed by atoms with Crippen molar-refractivity contribution >= 4 is 10.0 Å². The molecule has 1 saturated heterocycles. The van der Waals surface area contributed by atoms with E-state index in [9.17, 15) is 8.42 Å². The first-order valence-electron chi connectivity index (χ1n) is 5.20. The molecule has 1 aliphatic heterocycles. The van der Waals surface area contributed by atoms with E-state index >= 15 is 0 Å². The van der Waals surface area contributed by atoms with E-state index < -0.39 is 10.0 Å². The molecule has 84 valence electrons.